The Balaban J connectivity index is 1.90. The van der Waals surface area contributed by atoms with Crippen LogP contribution in [-0.4, -0.2) is 15.5 Å². The van der Waals surface area contributed by atoms with Crippen molar-refractivity contribution in [1.82, 2.24) is 9.55 Å². The van der Waals surface area contributed by atoms with Crippen molar-refractivity contribution in [3.63, 3.8) is 0 Å². The number of hydrogen-bond donors (Lipinski definition) is 1. The minimum absolute atomic E-state index is 0.142. The number of aromatic nitrogens is 2. The van der Waals surface area contributed by atoms with Crippen LogP contribution in [0, 0.1) is 13.8 Å². The lowest BCUT2D eigenvalue weighted by Crippen LogP contribution is -2.16. The molecule has 0 bridgehead atoms. The number of hydrogen-bond acceptors (Lipinski definition) is 2. The van der Waals surface area contributed by atoms with Crippen LogP contribution >= 0.6 is 0 Å². The molecule has 0 saturated carbocycles. The Morgan fingerprint density at radius 1 is 1.05 bits per heavy atom. The van der Waals surface area contributed by atoms with Crippen LogP contribution < -0.4 is 5.32 Å². The van der Waals surface area contributed by atoms with E-state index in [4.69, 9.17) is 0 Å². The summed E-state index contributed by atoms with van der Waals surface area (Å²) in [5.41, 5.74) is 4.31. The summed E-state index contributed by atoms with van der Waals surface area (Å²) in [6.07, 6.45) is 3.61. The van der Waals surface area contributed by atoms with Gasteiger partial charge >= 0.3 is 0 Å². The molecule has 1 aromatic carbocycles. The molecule has 0 atom stereocenters. The van der Waals surface area contributed by atoms with Crippen molar-refractivity contribution in [3.05, 3.63) is 77.9 Å². The quantitative estimate of drug-likeness (QED) is 0.799. The highest BCUT2D eigenvalue weighted by atomic mass is 16.1. The summed E-state index contributed by atoms with van der Waals surface area (Å²) in [7, 11) is 0. The van der Waals surface area contributed by atoms with Gasteiger partial charge in [0.15, 0.2) is 0 Å². The third-order valence-electron chi connectivity index (χ3n) is 3.53. The number of anilines is 1. The minimum Gasteiger partial charge on any atom is -0.321 e. The van der Waals surface area contributed by atoms with E-state index in [1.807, 2.05) is 67.1 Å². The molecule has 0 aliphatic carbocycles. The summed E-state index contributed by atoms with van der Waals surface area (Å²) in [4.78, 5) is 16.8. The monoisotopic (exact) mass is 291 g/mol. The van der Waals surface area contributed by atoms with E-state index < -0.39 is 0 Å². The molecule has 1 amide bonds. The van der Waals surface area contributed by atoms with Gasteiger partial charge in [0.2, 0.25) is 0 Å². The molecule has 3 rings (SSSR count). The zero-order valence-corrected chi connectivity index (χ0v) is 12.6. The molecule has 3 aromatic rings. The van der Waals surface area contributed by atoms with Crippen molar-refractivity contribution in [2.45, 2.75) is 13.8 Å². The lowest BCUT2D eigenvalue weighted by molar-refractivity contribution is 0.102. The lowest BCUT2D eigenvalue weighted by atomic mass is 10.2. The summed E-state index contributed by atoms with van der Waals surface area (Å²) in [5.74, 6) is -0.142. The summed E-state index contributed by atoms with van der Waals surface area (Å²) < 4.78 is 1.85. The van der Waals surface area contributed by atoms with Gasteiger partial charge < -0.3 is 9.88 Å². The van der Waals surface area contributed by atoms with Crippen LogP contribution in [0.15, 0.2) is 60.9 Å². The van der Waals surface area contributed by atoms with Crippen molar-refractivity contribution in [3.8, 4) is 5.69 Å². The van der Waals surface area contributed by atoms with Gasteiger partial charge in [0.25, 0.3) is 5.91 Å². The molecule has 0 aliphatic rings. The van der Waals surface area contributed by atoms with Gasteiger partial charge in [0, 0.05) is 18.1 Å². The Morgan fingerprint density at radius 2 is 1.82 bits per heavy atom. The second-order valence-corrected chi connectivity index (χ2v) is 5.19. The van der Waals surface area contributed by atoms with E-state index in [0.29, 0.717) is 5.69 Å². The van der Waals surface area contributed by atoms with Crippen molar-refractivity contribution < 1.29 is 4.79 Å². The molecule has 4 nitrogen and oxygen atoms in total. The smallest absolute Gasteiger partial charge is 0.272 e. The van der Waals surface area contributed by atoms with Crippen LogP contribution in [0.2, 0.25) is 0 Å². The fourth-order valence-electron chi connectivity index (χ4n) is 2.34. The SMILES string of the molecule is Cc1ccc(NC(=O)c2cccn2-c2cccnc2C)cc1. The number of aryl methyl sites for hydroxylation is 2. The maximum atomic E-state index is 12.5. The molecular weight excluding hydrogens is 274 g/mol. The summed E-state index contributed by atoms with van der Waals surface area (Å²) in [6.45, 7) is 3.94. The Kier molecular flexibility index (Phi) is 3.74. The van der Waals surface area contributed by atoms with E-state index >= 15 is 0 Å². The second kappa shape index (κ2) is 5.85. The van der Waals surface area contributed by atoms with Gasteiger partial charge in [-0.25, -0.2) is 0 Å². The first-order valence-corrected chi connectivity index (χ1v) is 7.12. The van der Waals surface area contributed by atoms with Crippen molar-refractivity contribution in [1.29, 1.82) is 0 Å². The molecular formula is C18H17N3O. The van der Waals surface area contributed by atoms with Gasteiger partial charge in [-0.05, 0) is 50.2 Å². The summed E-state index contributed by atoms with van der Waals surface area (Å²) in [6, 6.07) is 15.2. The number of pyridine rings is 1. The minimum atomic E-state index is -0.142. The maximum absolute atomic E-state index is 12.5. The maximum Gasteiger partial charge on any atom is 0.272 e. The molecule has 1 N–H and O–H groups in total. The van der Waals surface area contributed by atoms with E-state index in [-0.39, 0.29) is 5.91 Å². The number of benzene rings is 1. The van der Waals surface area contributed by atoms with E-state index in [0.717, 1.165) is 22.6 Å². The van der Waals surface area contributed by atoms with Crippen LogP contribution in [0.1, 0.15) is 21.7 Å². The third-order valence-corrected chi connectivity index (χ3v) is 3.53. The molecule has 0 fully saturated rings. The fourth-order valence-corrected chi connectivity index (χ4v) is 2.34. The van der Waals surface area contributed by atoms with Gasteiger partial charge in [-0.15, -0.1) is 0 Å². The topological polar surface area (TPSA) is 46.9 Å². The highest BCUT2D eigenvalue weighted by Gasteiger charge is 2.13. The second-order valence-electron chi connectivity index (χ2n) is 5.19. The molecule has 4 heteroatoms. The van der Waals surface area contributed by atoms with Crippen molar-refractivity contribution in [2.75, 3.05) is 5.32 Å². The number of carbonyl (C=O) groups excluding carboxylic acids is 1. The molecule has 0 aliphatic heterocycles. The fraction of sp³-hybridized carbons (Fsp3) is 0.111. The van der Waals surface area contributed by atoms with Crippen molar-refractivity contribution in [2.24, 2.45) is 0 Å². The van der Waals surface area contributed by atoms with Gasteiger partial charge in [-0.2, -0.15) is 0 Å². The number of nitrogens with one attached hydrogen (secondary N) is 1. The van der Waals surface area contributed by atoms with Crippen molar-refractivity contribution >= 4 is 11.6 Å². The Bertz CT molecular complexity index is 803. The molecule has 2 aromatic heterocycles. The average molecular weight is 291 g/mol. The summed E-state index contributed by atoms with van der Waals surface area (Å²) >= 11 is 0. The van der Waals surface area contributed by atoms with Crippen LogP contribution in [0.25, 0.3) is 5.69 Å². The number of amides is 1. The largest absolute Gasteiger partial charge is 0.321 e. The van der Waals surface area contributed by atoms with Gasteiger partial charge in [-0.3, -0.25) is 9.78 Å². The molecule has 0 saturated heterocycles. The standard InChI is InChI=1S/C18H17N3O/c1-13-7-9-15(10-8-13)20-18(22)17-6-4-12-21(17)16-5-3-11-19-14(16)2/h3-12H,1-2H3,(H,20,22). The van der Waals surface area contributed by atoms with Crippen LogP contribution in [0.5, 0.6) is 0 Å². The predicted octanol–water partition coefficient (Wildman–Crippen LogP) is 3.74. The highest BCUT2D eigenvalue weighted by molar-refractivity contribution is 6.03. The van der Waals surface area contributed by atoms with Gasteiger partial charge in [-0.1, -0.05) is 17.7 Å². The number of nitrogens with zero attached hydrogens (tertiary/aromatic N) is 2. The Labute approximate surface area is 129 Å². The molecule has 2 heterocycles. The zero-order valence-electron chi connectivity index (χ0n) is 12.6. The van der Waals surface area contributed by atoms with E-state index in [9.17, 15) is 4.79 Å². The molecule has 110 valence electrons. The number of rotatable bonds is 3. The normalized spacial score (nSPS) is 10.5. The first-order chi connectivity index (χ1) is 10.6. The van der Waals surface area contributed by atoms with E-state index in [2.05, 4.69) is 10.3 Å². The van der Waals surface area contributed by atoms with Crippen LogP contribution in [0.3, 0.4) is 0 Å². The first kappa shape index (κ1) is 14.1. The molecule has 0 unspecified atom stereocenters. The molecule has 0 spiro atoms. The number of carbonyl (C=O) groups is 1. The Morgan fingerprint density at radius 3 is 2.55 bits per heavy atom. The molecule has 22 heavy (non-hydrogen) atoms. The predicted molar refractivity (Wildman–Crippen MR) is 87.4 cm³/mol. The highest BCUT2D eigenvalue weighted by Crippen LogP contribution is 2.17. The van der Waals surface area contributed by atoms with Gasteiger partial charge in [0.1, 0.15) is 5.69 Å². The third kappa shape index (κ3) is 2.76. The molecule has 0 radical (unpaired) electrons. The van der Waals surface area contributed by atoms with Crippen LogP contribution in [0.4, 0.5) is 5.69 Å². The lowest BCUT2D eigenvalue weighted by Gasteiger charge is -2.11. The summed E-state index contributed by atoms with van der Waals surface area (Å²) in [5, 5.41) is 2.92. The van der Waals surface area contributed by atoms with E-state index in [1.54, 1.807) is 12.3 Å². The van der Waals surface area contributed by atoms with E-state index in [1.165, 1.54) is 0 Å². The van der Waals surface area contributed by atoms with Gasteiger partial charge in [0.05, 0.1) is 11.4 Å². The first-order valence-electron chi connectivity index (χ1n) is 7.12. The Hall–Kier alpha value is -2.88. The van der Waals surface area contributed by atoms with Crippen LogP contribution in [-0.2, 0) is 0 Å². The zero-order chi connectivity index (χ0) is 15.5. The average Bonchev–Trinajstić information content (AvgIpc) is 2.99.